The van der Waals surface area contributed by atoms with Gasteiger partial charge in [0.05, 0.1) is 20.1 Å². The van der Waals surface area contributed by atoms with Gasteiger partial charge in [0.15, 0.2) is 0 Å². The molecule has 0 unspecified atom stereocenters. The van der Waals surface area contributed by atoms with E-state index >= 15 is 0 Å². The number of nitrogens with two attached hydrogens (primary N) is 1. The van der Waals surface area contributed by atoms with Gasteiger partial charge in [0.2, 0.25) is 0 Å². The zero-order valence-electron chi connectivity index (χ0n) is 9.48. The van der Waals surface area contributed by atoms with Crippen LogP contribution in [0.25, 0.3) is 11.1 Å². The molecule has 0 heterocycles. The lowest BCUT2D eigenvalue weighted by molar-refractivity contribution is 0.611. The van der Waals surface area contributed by atoms with Crippen LogP contribution in [-0.4, -0.2) is 0 Å². The van der Waals surface area contributed by atoms with Crippen LogP contribution in [0.5, 0.6) is 0 Å². The lowest BCUT2D eigenvalue weighted by atomic mass is 10.0. The molecule has 0 spiro atoms. The average Bonchev–Trinajstić information content (AvgIpc) is 2.38. The molecule has 0 radical (unpaired) electrons. The lowest BCUT2D eigenvalue weighted by Gasteiger charge is -2.12. The first kappa shape index (κ1) is 14.9. The monoisotopic (exact) mass is 337 g/mol. The molecule has 0 aliphatic rings. The van der Waals surface area contributed by atoms with Crippen molar-refractivity contribution >= 4 is 46.4 Å². The maximum atomic E-state index is 13.4. The molecule has 0 aliphatic heterocycles. The van der Waals surface area contributed by atoms with Crippen LogP contribution < -0.4 is 5.73 Å². The molecule has 19 heavy (non-hydrogen) atoms. The third-order valence-electron chi connectivity index (χ3n) is 2.67. The zero-order valence-corrected chi connectivity index (χ0v) is 12.5. The maximum Gasteiger partial charge on any atom is 0.127 e. The van der Waals surface area contributed by atoms with E-state index in [0.717, 1.165) is 0 Å². The SMILES string of the molecule is NCc1cc(-c2c(Cl)c(Cl)cc(Cl)c2Cl)ccc1F. The van der Waals surface area contributed by atoms with Crippen LogP contribution in [0.1, 0.15) is 5.56 Å². The van der Waals surface area contributed by atoms with Crippen molar-refractivity contribution in [1.29, 1.82) is 0 Å². The van der Waals surface area contributed by atoms with Crippen molar-refractivity contribution in [3.05, 3.63) is 55.7 Å². The van der Waals surface area contributed by atoms with Gasteiger partial charge in [0, 0.05) is 17.7 Å². The Labute approximate surface area is 130 Å². The highest BCUT2D eigenvalue weighted by molar-refractivity contribution is 6.50. The van der Waals surface area contributed by atoms with E-state index in [1.807, 2.05) is 0 Å². The smallest absolute Gasteiger partial charge is 0.127 e. The van der Waals surface area contributed by atoms with Crippen molar-refractivity contribution in [2.75, 3.05) is 0 Å². The van der Waals surface area contributed by atoms with E-state index in [1.165, 1.54) is 12.1 Å². The van der Waals surface area contributed by atoms with E-state index in [9.17, 15) is 4.39 Å². The van der Waals surface area contributed by atoms with Crippen LogP contribution >= 0.6 is 46.4 Å². The van der Waals surface area contributed by atoms with E-state index in [2.05, 4.69) is 0 Å². The Balaban J connectivity index is 2.72. The number of halogens is 5. The first-order chi connectivity index (χ1) is 8.95. The molecule has 0 atom stereocenters. The van der Waals surface area contributed by atoms with Crippen LogP contribution in [-0.2, 0) is 6.54 Å². The van der Waals surface area contributed by atoms with Gasteiger partial charge >= 0.3 is 0 Å². The fraction of sp³-hybridized carbons (Fsp3) is 0.0769. The van der Waals surface area contributed by atoms with E-state index in [4.69, 9.17) is 52.1 Å². The molecule has 0 aliphatic carbocycles. The molecular formula is C13H8Cl4FN. The molecule has 1 nitrogen and oxygen atoms in total. The Morgan fingerprint density at radius 1 is 0.947 bits per heavy atom. The summed E-state index contributed by atoms with van der Waals surface area (Å²) < 4.78 is 13.4. The highest BCUT2D eigenvalue weighted by Crippen LogP contribution is 2.43. The maximum absolute atomic E-state index is 13.4. The summed E-state index contributed by atoms with van der Waals surface area (Å²) >= 11 is 24.2. The molecule has 2 rings (SSSR count). The summed E-state index contributed by atoms with van der Waals surface area (Å²) in [5.74, 6) is -0.383. The number of rotatable bonds is 2. The summed E-state index contributed by atoms with van der Waals surface area (Å²) in [7, 11) is 0. The molecule has 100 valence electrons. The first-order valence-corrected chi connectivity index (χ1v) is 6.78. The van der Waals surface area contributed by atoms with E-state index in [-0.39, 0.29) is 32.5 Å². The standard InChI is InChI=1S/C13H8Cl4FN/c14-8-4-9(15)13(17)11(12(8)16)6-1-2-10(18)7(3-6)5-19/h1-4H,5,19H2. The van der Waals surface area contributed by atoms with Gasteiger partial charge < -0.3 is 5.73 Å². The Hall–Kier alpha value is -0.510. The largest absolute Gasteiger partial charge is 0.326 e. The minimum absolute atomic E-state index is 0.0726. The summed E-state index contributed by atoms with van der Waals surface area (Å²) in [6.07, 6.45) is 0. The van der Waals surface area contributed by atoms with Gasteiger partial charge in [0.1, 0.15) is 5.82 Å². The molecule has 6 heteroatoms. The Kier molecular flexibility index (Phi) is 4.59. The van der Waals surface area contributed by atoms with Gasteiger partial charge in [-0.3, -0.25) is 0 Å². The Morgan fingerprint density at radius 2 is 1.53 bits per heavy atom. The fourth-order valence-electron chi connectivity index (χ4n) is 1.71. The average molecular weight is 339 g/mol. The molecule has 2 aromatic rings. The fourth-order valence-corrected chi connectivity index (χ4v) is 2.74. The van der Waals surface area contributed by atoms with Crippen molar-refractivity contribution in [2.24, 2.45) is 5.73 Å². The quantitative estimate of drug-likeness (QED) is 0.712. The molecule has 2 N–H and O–H groups in total. The molecule has 0 fully saturated rings. The Morgan fingerprint density at radius 3 is 2.05 bits per heavy atom. The predicted octanol–water partition coefficient (Wildman–Crippen LogP) is 5.57. The van der Waals surface area contributed by atoms with Crippen molar-refractivity contribution in [3.63, 3.8) is 0 Å². The van der Waals surface area contributed by atoms with Gasteiger partial charge in [-0.05, 0) is 23.8 Å². The molecule has 0 saturated carbocycles. The topological polar surface area (TPSA) is 26.0 Å². The van der Waals surface area contributed by atoms with Gasteiger partial charge in [-0.1, -0.05) is 52.5 Å². The van der Waals surface area contributed by atoms with E-state index < -0.39 is 0 Å². The minimum atomic E-state index is -0.383. The van der Waals surface area contributed by atoms with Crippen molar-refractivity contribution < 1.29 is 4.39 Å². The van der Waals surface area contributed by atoms with Crippen LogP contribution in [0.3, 0.4) is 0 Å². The van der Waals surface area contributed by atoms with Crippen LogP contribution in [0, 0.1) is 5.82 Å². The van der Waals surface area contributed by atoms with Crippen LogP contribution in [0.15, 0.2) is 24.3 Å². The molecule has 2 aromatic carbocycles. The van der Waals surface area contributed by atoms with E-state index in [1.54, 1.807) is 12.1 Å². The van der Waals surface area contributed by atoms with E-state index in [0.29, 0.717) is 16.7 Å². The predicted molar refractivity (Wildman–Crippen MR) is 79.8 cm³/mol. The molecule has 0 amide bonds. The van der Waals surface area contributed by atoms with Gasteiger partial charge in [-0.15, -0.1) is 0 Å². The van der Waals surface area contributed by atoms with Crippen molar-refractivity contribution in [1.82, 2.24) is 0 Å². The second kappa shape index (κ2) is 5.86. The summed E-state index contributed by atoms with van der Waals surface area (Å²) in [6, 6.07) is 5.90. The summed E-state index contributed by atoms with van der Waals surface area (Å²) in [4.78, 5) is 0. The molecule has 0 saturated heterocycles. The number of benzene rings is 2. The molecular weight excluding hydrogens is 331 g/mol. The van der Waals surface area contributed by atoms with Crippen molar-refractivity contribution in [2.45, 2.75) is 6.54 Å². The third kappa shape index (κ3) is 2.83. The summed E-state index contributed by atoms with van der Waals surface area (Å²) in [5.41, 5.74) is 6.92. The normalized spacial score (nSPS) is 10.8. The summed E-state index contributed by atoms with van der Waals surface area (Å²) in [6.45, 7) is 0.0726. The second-order valence-electron chi connectivity index (χ2n) is 3.85. The third-order valence-corrected chi connectivity index (χ3v) is 4.24. The first-order valence-electron chi connectivity index (χ1n) is 5.27. The highest BCUT2D eigenvalue weighted by atomic mass is 35.5. The van der Waals surface area contributed by atoms with Crippen LogP contribution in [0.2, 0.25) is 20.1 Å². The zero-order chi connectivity index (χ0) is 14.2. The lowest BCUT2D eigenvalue weighted by Crippen LogP contribution is -2.00. The number of hydrogen-bond acceptors (Lipinski definition) is 1. The van der Waals surface area contributed by atoms with Gasteiger partial charge in [0.25, 0.3) is 0 Å². The number of hydrogen-bond donors (Lipinski definition) is 1. The van der Waals surface area contributed by atoms with Gasteiger partial charge in [-0.2, -0.15) is 0 Å². The van der Waals surface area contributed by atoms with Crippen molar-refractivity contribution in [3.8, 4) is 11.1 Å². The van der Waals surface area contributed by atoms with Gasteiger partial charge in [-0.25, -0.2) is 4.39 Å². The second-order valence-corrected chi connectivity index (χ2v) is 5.42. The molecule has 0 bridgehead atoms. The Bertz CT molecular complexity index is 617. The molecule has 0 aromatic heterocycles. The van der Waals surface area contributed by atoms with Crippen LogP contribution in [0.4, 0.5) is 4.39 Å². The summed E-state index contributed by atoms with van der Waals surface area (Å²) in [5, 5.41) is 1.10. The highest BCUT2D eigenvalue weighted by Gasteiger charge is 2.16. The minimum Gasteiger partial charge on any atom is -0.326 e.